The SMILES string of the molecule is O=C(Cl)Oc1ccccc1.O=C(O)c1ccccc1O. The summed E-state index contributed by atoms with van der Waals surface area (Å²) in [6.07, 6.45) is 0. The lowest BCUT2D eigenvalue weighted by Gasteiger charge is -1.95. The molecule has 0 aliphatic heterocycles. The van der Waals surface area contributed by atoms with Crippen molar-refractivity contribution in [2.45, 2.75) is 0 Å². The second kappa shape index (κ2) is 7.81. The number of hydrogen-bond donors (Lipinski definition) is 2. The lowest BCUT2D eigenvalue weighted by atomic mass is 10.2. The summed E-state index contributed by atoms with van der Waals surface area (Å²) >= 11 is 4.95. The third-order valence-electron chi connectivity index (χ3n) is 2.08. The summed E-state index contributed by atoms with van der Waals surface area (Å²) in [6, 6.07) is 14.5. The van der Waals surface area contributed by atoms with Gasteiger partial charge in [-0.05, 0) is 24.3 Å². The van der Waals surface area contributed by atoms with E-state index < -0.39 is 11.4 Å². The average molecular weight is 295 g/mol. The van der Waals surface area contributed by atoms with Gasteiger partial charge in [0, 0.05) is 11.6 Å². The third-order valence-corrected chi connectivity index (χ3v) is 2.15. The fourth-order valence-electron chi connectivity index (χ4n) is 1.24. The molecule has 0 unspecified atom stereocenters. The van der Waals surface area contributed by atoms with E-state index in [1.54, 1.807) is 36.4 Å². The largest absolute Gasteiger partial charge is 0.507 e. The first-order valence-electron chi connectivity index (χ1n) is 5.44. The van der Waals surface area contributed by atoms with Gasteiger partial charge in [-0.3, -0.25) is 0 Å². The number of carboxylic acid groups (broad SMARTS) is 1. The predicted octanol–water partition coefficient (Wildman–Crippen LogP) is 3.51. The highest BCUT2D eigenvalue weighted by atomic mass is 35.5. The van der Waals surface area contributed by atoms with Gasteiger partial charge in [-0.1, -0.05) is 30.3 Å². The molecule has 2 N–H and O–H groups in total. The number of carbonyl (C=O) groups is 2. The van der Waals surface area contributed by atoms with Crippen molar-refractivity contribution >= 4 is 23.0 Å². The molecule has 0 amide bonds. The van der Waals surface area contributed by atoms with Crippen LogP contribution in [0.5, 0.6) is 11.5 Å². The summed E-state index contributed by atoms with van der Waals surface area (Å²) in [7, 11) is 0. The number of phenols is 1. The minimum Gasteiger partial charge on any atom is -0.507 e. The summed E-state index contributed by atoms with van der Waals surface area (Å²) < 4.78 is 4.54. The summed E-state index contributed by atoms with van der Waals surface area (Å²) in [5.41, 5.74) is -0.881. The molecular formula is C14H11ClO5. The van der Waals surface area contributed by atoms with Crippen LogP contribution in [0.25, 0.3) is 0 Å². The van der Waals surface area contributed by atoms with E-state index in [4.69, 9.17) is 21.8 Å². The van der Waals surface area contributed by atoms with Gasteiger partial charge in [-0.15, -0.1) is 0 Å². The fourth-order valence-corrected chi connectivity index (χ4v) is 1.32. The van der Waals surface area contributed by atoms with Crippen LogP contribution >= 0.6 is 11.6 Å². The lowest BCUT2D eigenvalue weighted by Crippen LogP contribution is -1.95. The average Bonchev–Trinajstić information content (AvgIpc) is 2.40. The van der Waals surface area contributed by atoms with Gasteiger partial charge >= 0.3 is 11.4 Å². The molecule has 0 aliphatic rings. The molecule has 5 nitrogen and oxygen atoms in total. The fraction of sp³-hybridized carbons (Fsp3) is 0. The highest BCUT2D eigenvalue weighted by molar-refractivity contribution is 6.61. The molecule has 104 valence electrons. The Hall–Kier alpha value is -2.53. The summed E-state index contributed by atoms with van der Waals surface area (Å²) in [4.78, 5) is 20.4. The van der Waals surface area contributed by atoms with Crippen molar-refractivity contribution in [2.75, 3.05) is 0 Å². The van der Waals surface area contributed by atoms with Gasteiger partial charge in [0.1, 0.15) is 17.1 Å². The van der Waals surface area contributed by atoms with E-state index in [9.17, 15) is 9.59 Å². The highest BCUT2D eigenvalue weighted by Crippen LogP contribution is 2.14. The van der Waals surface area contributed by atoms with Gasteiger partial charge in [-0.2, -0.15) is 0 Å². The normalized spacial score (nSPS) is 9.05. The molecule has 2 aromatic carbocycles. The number of aromatic hydroxyl groups is 1. The van der Waals surface area contributed by atoms with Gasteiger partial charge in [0.25, 0.3) is 0 Å². The van der Waals surface area contributed by atoms with Crippen molar-refractivity contribution in [1.29, 1.82) is 0 Å². The molecule has 2 aromatic rings. The van der Waals surface area contributed by atoms with Crippen LogP contribution in [0.15, 0.2) is 54.6 Å². The molecule has 0 spiro atoms. The van der Waals surface area contributed by atoms with Crippen LogP contribution in [-0.4, -0.2) is 21.6 Å². The quantitative estimate of drug-likeness (QED) is 0.828. The van der Waals surface area contributed by atoms with Crippen molar-refractivity contribution in [1.82, 2.24) is 0 Å². The number of para-hydroxylation sites is 2. The van der Waals surface area contributed by atoms with Crippen LogP contribution in [0.2, 0.25) is 0 Å². The Kier molecular flexibility index (Phi) is 6.06. The lowest BCUT2D eigenvalue weighted by molar-refractivity contribution is 0.0693. The number of rotatable bonds is 2. The van der Waals surface area contributed by atoms with Gasteiger partial charge in [0.15, 0.2) is 0 Å². The van der Waals surface area contributed by atoms with E-state index in [1.165, 1.54) is 12.1 Å². The minimum atomic E-state index is -1.11. The molecule has 0 heterocycles. The number of ether oxygens (including phenoxy) is 1. The Bertz CT molecular complexity index is 583. The number of carbonyl (C=O) groups excluding carboxylic acids is 1. The molecule has 0 radical (unpaired) electrons. The molecule has 0 atom stereocenters. The molecule has 20 heavy (non-hydrogen) atoms. The summed E-state index contributed by atoms with van der Waals surface area (Å²) in [6.45, 7) is 0. The van der Waals surface area contributed by atoms with Crippen LogP contribution in [0, 0.1) is 0 Å². The van der Waals surface area contributed by atoms with E-state index >= 15 is 0 Å². The Morgan fingerprint density at radius 1 is 0.950 bits per heavy atom. The second-order valence-corrected chi connectivity index (χ2v) is 3.78. The molecule has 0 aromatic heterocycles. The van der Waals surface area contributed by atoms with Gasteiger partial charge in [0.2, 0.25) is 0 Å². The maximum absolute atomic E-state index is 10.3. The van der Waals surface area contributed by atoms with Crippen molar-refractivity contribution in [3.05, 3.63) is 60.2 Å². The van der Waals surface area contributed by atoms with Crippen LogP contribution in [0.1, 0.15) is 10.4 Å². The maximum atomic E-state index is 10.3. The molecular weight excluding hydrogens is 284 g/mol. The van der Waals surface area contributed by atoms with E-state index in [0.717, 1.165) is 0 Å². The molecule has 2 rings (SSSR count). The Morgan fingerprint density at radius 3 is 1.95 bits per heavy atom. The third kappa shape index (κ3) is 5.41. The number of hydrogen-bond acceptors (Lipinski definition) is 4. The predicted molar refractivity (Wildman–Crippen MR) is 73.4 cm³/mol. The minimum absolute atomic E-state index is 0.0671. The van der Waals surface area contributed by atoms with Crippen LogP contribution < -0.4 is 4.74 Å². The molecule has 0 aliphatic carbocycles. The van der Waals surface area contributed by atoms with Crippen LogP contribution in [-0.2, 0) is 0 Å². The molecule has 0 bridgehead atoms. The zero-order valence-corrected chi connectivity index (χ0v) is 10.9. The first kappa shape index (κ1) is 15.5. The summed E-state index contributed by atoms with van der Waals surface area (Å²) in [5, 5.41) is 17.3. The molecule has 0 fully saturated rings. The van der Waals surface area contributed by atoms with Crippen molar-refractivity contribution in [3.63, 3.8) is 0 Å². The van der Waals surface area contributed by atoms with Crippen molar-refractivity contribution in [3.8, 4) is 11.5 Å². The highest BCUT2D eigenvalue weighted by Gasteiger charge is 2.05. The topological polar surface area (TPSA) is 83.8 Å². The maximum Gasteiger partial charge on any atom is 0.409 e. The Labute approximate surface area is 120 Å². The van der Waals surface area contributed by atoms with E-state index in [0.29, 0.717) is 5.75 Å². The monoisotopic (exact) mass is 294 g/mol. The van der Waals surface area contributed by atoms with E-state index in [2.05, 4.69) is 4.74 Å². The van der Waals surface area contributed by atoms with Gasteiger partial charge in [-0.25, -0.2) is 9.59 Å². The van der Waals surface area contributed by atoms with Crippen molar-refractivity contribution < 1.29 is 24.5 Å². The van der Waals surface area contributed by atoms with Crippen LogP contribution in [0.4, 0.5) is 4.79 Å². The standard InChI is InChI=1S/C7H5ClO2.C7H6O3/c8-7(9)10-6-4-2-1-3-5-6;8-6-4-2-1-3-5(6)7(9)10/h1-5H;1-4,8H,(H,9,10). The van der Waals surface area contributed by atoms with E-state index in [1.807, 2.05) is 6.07 Å². The zero-order chi connectivity index (χ0) is 15.0. The zero-order valence-electron chi connectivity index (χ0n) is 10.2. The van der Waals surface area contributed by atoms with Gasteiger partial charge < -0.3 is 14.9 Å². The first-order chi connectivity index (χ1) is 9.50. The second-order valence-electron chi connectivity index (χ2n) is 3.48. The Morgan fingerprint density at radius 2 is 1.50 bits per heavy atom. The number of carboxylic acids is 1. The van der Waals surface area contributed by atoms with Crippen LogP contribution in [0.3, 0.4) is 0 Å². The molecule has 0 saturated carbocycles. The molecule has 6 heteroatoms. The summed E-state index contributed by atoms with van der Waals surface area (Å²) in [5.74, 6) is -0.851. The Balaban J connectivity index is 0.000000200. The number of halogens is 1. The van der Waals surface area contributed by atoms with Gasteiger partial charge in [0.05, 0.1) is 0 Å². The first-order valence-corrected chi connectivity index (χ1v) is 5.82. The number of benzene rings is 2. The number of aromatic carboxylic acids is 1. The van der Waals surface area contributed by atoms with Crippen molar-refractivity contribution in [2.24, 2.45) is 0 Å². The van der Waals surface area contributed by atoms with E-state index in [-0.39, 0.29) is 11.3 Å². The molecule has 0 saturated heterocycles. The smallest absolute Gasteiger partial charge is 0.409 e.